The zero-order valence-corrected chi connectivity index (χ0v) is 21.3. The number of fused-ring (bicyclic) bond motifs is 2. The van der Waals surface area contributed by atoms with Crippen LogP contribution in [-0.4, -0.2) is 45.8 Å². The molecule has 0 atom stereocenters. The van der Waals surface area contributed by atoms with Gasteiger partial charge in [0.25, 0.3) is 5.56 Å². The van der Waals surface area contributed by atoms with E-state index >= 15 is 0 Å². The van der Waals surface area contributed by atoms with E-state index < -0.39 is 0 Å². The summed E-state index contributed by atoms with van der Waals surface area (Å²) < 4.78 is 12.9. The van der Waals surface area contributed by atoms with Crippen molar-refractivity contribution in [3.8, 4) is 11.5 Å². The topological polar surface area (TPSA) is 102 Å². The minimum absolute atomic E-state index is 0.142. The fraction of sp³-hybridized carbons (Fsp3) is 0.385. The molecule has 3 heterocycles. The van der Waals surface area contributed by atoms with Gasteiger partial charge in [-0.2, -0.15) is 4.98 Å². The van der Waals surface area contributed by atoms with E-state index in [0.717, 1.165) is 10.9 Å². The summed E-state index contributed by atoms with van der Waals surface area (Å²) in [6, 6.07) is 8.98. The molecule has 36 heavy (non-hydrogen) atoms. The van der Waals surface area contributed by atoms with E-state index in [1.165, 1.54) is 4.57 Å². The van der Waals surface area contributed by atoms with Crippen LogP contribution in [0.15, 0.2) is 39.9 Å². The fourth-order valence-electron chi connectivity index (χ4n) is 4.88. The van der Waals surface area contributed by atoms with Crippen molar-refractivity contribution in [3.05, 3.63) is 62.0 Å². The lowest BCUT2D eigenvalue weighted by atomic mass is 10.0. The largest absolute Gasteiger partial charge is 0.490 e. The van der Waals surface area contributed by atoms with Gasteiger partial charge in [-0.3, -0.25) is 9.36 Å². The van der Waals surface area contributed by atoms with E-state index in [0.29, 0.717) is 72.9 Å². The van der Waals surface area contributed by atoms with Gasteiger partial charge in [-0.05, 0) is 63.4 Å². The molecule has 5 rings (SSSR count). The van der Waals surface area contributed by atoms with Crippen LogP contribution in [-0.2, 0) is 0 Å². The highest BCUT2D eigenvalue weighted by atomic mass is 35.5. The molecule has 0 bridgehead atoms. The number of hydrogen-bond donors (Lipinski definition) is 1. The molecular formula is C26H28ClN5O4. The maximum atomic E-state index is 13.2. The van der Waals surface area contributed by atoms with Crippen molar-refractivity contribution in [2.75, 3.05) is 31.2 Å². The molecule has 0 amide bonds. The number of H-pyrrole nitrogens is 1. The second-order valence-electron chi connectivity index (χ2n) is 8.87. The zero-order valence-electron chi connectivity index (χ0n) is 20.5. The lowest BCUT2D eigenvalue weighted by Gasteiger charge is -2.33. The second-order valence-corrected chi connectivity index (χ2v) is 9.21. The van der Waals surface area contributed by atoms with Crippen LogP contribution in [0.3, 0.4) is 0 Å². The number of aromatic amines is 1. The van der Waals surface area contributed by atoms with E-state index in [9.17, 15) is 9.59 Å². The minimum Gasteiger partial charge on any atom is -0.490 e. The maximum absolute atomic E-state index is 13.2. The van der Waals surface area contributed by atoms with Gasteiger partial charge >= 0.3 is 5.69 Å². The number of nitrogens with one attached hydrogen (secondary N) is 1. The summed E-state index contributed by atoms with van der Waals surface area (Å²) in [6.07, 6.45) is 1.22. The Morgan fingerprint density at radius 3 is 2.39 bits per heavy atom. The van der Waals surface area contributed by atoms with E-state index in [-0.39, 0.29) is 22.6 Å². The Kier molecular flexibility index (Phi) is 6.57. The molecule has 0 radical (unpaired) electrons. The number of hydrogen-bond acceptors (Lipinski definition) is 7. The monoisotopic (exact) mass is 509 g/mol. The van der Waals surface area contributed by atoms with Crippen molar-refractivity contribution in [2.24, 2.45) is 0 Å². The molecule has 1 saturated heterocycles. The fourth-order valence-corrected chi connectivity index (χ4v) is 5.05. The molecule has 0 aliphatic carbocycles. The highest BCUT2D eigenvalue weighted by Crippen LogP contribution is 2.37. The smallest absolute Gasteiger partial charge is 0.329 e. The van der Waals surface area contributed by atoms with Crippen LogP contribution in [0.2, 0.25) is 5.28 Å². The molecule has 188 valence electrons. The summed E-state index contributed by atoms with van der Waals surface area (Å²) >= 11 is 6.30. The number of halogens is 1. The first kappa shape index (κ1) is 24.1. The van der Waals surface area contributed by atoms with Gasteiger partial charge in [0.1, 0.15) is 5.82 Å². The average molecular weight is 510 g/mol. The lowest BCUT2D eigenvalue weighted by Crippen LogP contribution is -2.43. The molecular weight excluding hydrogens is 482 g/mol. The Morgan fingerprint density at radius 1 is 1.00 bits per heavy atom. The summed E-state index contributed by atoms with van der Waals surface area (Å²) in [5.41, 5.74) is 1.56. The molecule has 9 nitrogen and oxygen atoms in total. The number of benzene rings is 2. The Morgan fingerprint density at radius 2 is 1.69 bits per heavy atom. The average Bonchev–Trinajstić information content (AvgIpc) is 2.85. The number of aryl methyl sites for hydroxylation is 1. The molecule has 1 fully saturated rings. The molecule has 1 N–H and O–H groups in total. The van der Waals surface area contributed by atoms with Crippen LogP contribution in [0.4, 0.5) is 5.82 Å². The van der Waals surface area contributed by atoms with Crippen LogP contribution in [0.1, 0.15) is 38.3 Å². The molecule has 0 unspecified atom stereocenters. The number of aromatic nitrogens is 4. The van der Waals surface area contributed by atoms with Gasteiger partial charge in [0.15, 0.2) is 11.5 Å². The van der Waals surface area contributed by atoms with Crippen molar-refractivity contribution in [1.82, 2.24) is 19.5 Å². The normalized spacial score (nSPS) is 14.5. The first-order valence-corrected chi connectivity index (χ1v) is 12.5. The van der Waals surface area contributed by atoms with Crippen LogP contribution in [0.25, 0.3) is 21.8 Å². The molecule has 2 aromatic heterocycles. The standard InChI is InChI=1S/C26H28ClN5O4/c1-4-35-21-13-17-20(14-22(21)36-5-2)28-25(27)30-23(17)31-10-8-16(9-11-31)32-24(33)18-12-15(3)6-7-19(18)29-26(32)34/h6-7,12-14,16H,4-5,8-11H2,1-3H3,(H,29,34). The Hall–Kier alpha value is -3.59. The minimum atomic E-state index is -0.379. The Balaban J connectivity index is 1.48. The van der Waals surface area contributed by atoms with E-state index in [1.807, 2.05) is 45.0 Å². The van der Waals surface area contributed by atoms with E-state index in [1.54, 1.807) is 6.07 Å². The van der Waals surface area contributed by atoms with Crippen molar-refractivity contribution in [2.45, 2.75) is 39.7 Å². The number of nitrogens with zero attached hydrogens (tertiary/aromatic N) is 4. The zero-order chi connectivity index (χ0) is 25.4. The number of ether oxygens (including phenoxy) is 2. The quantitative estimate of drug-likeness (QED) is 0.388. The van der Waals surface area contributed by atoms with Crippen molar-refractivity contribution in [3.63, 3.8) is 0 Å². The summed E-state index contributed by atoms with van der Waals surface area (Å²) in [7, 11) is 0. The van der Waals surface area contributed by atoms with E-state index in [4.69, 9.17) is 21.1 Å². The molecule has 1 aliphatic rings. The van der Waals surface area contributed by atoms with Gasteiger partial charge < -0.3 is 19.4 Å². The van der Waals surface area contributed by atoms with Gasteiger partial charge in [0, 0.05) is 30.6 Å². The van der Waals surface area contributed by atoms with Gasteiger partial charge in [0.2, 0.25) is 5.28 Å². The molecule has 10 heteroatoms. The molecule has 2 aromatic carbocycles. The number of rotatable bonds is 6. The first-order chi connectivity index (χ1) is 17.4. The third-order valence-electron chi connectivity index (χ3n) is 6.53. The van der Waals surface area contributed by atoms with Crippen LogP contribution < -0.4 is 25.6 Å². The Bertz CT molecular complexity index is 1560. The van der Waals surface area contributed by atoms with Crippen LogP contribution in [0, 0.1) is 6.92 Å². The summed E-state index contributed by atoms with van der Waals surface area (Å²) in [4.78, 5) is 40.0. The van der Waals surface area contributed by atoms with Crippen LogP contribution >= 0.6 is 11.6 Å². The molecule has 0 saturated carbocycles. The van der Waals surface area contributed by atoms with Crippen molar-refractivity contribution >= 4 is 39.2 Å². The van der Waals surface area contributed by atoms with Gasteiger partial charge in [0.05, 0.1) is 29.6 Å². The van der Waals surface area contributed by atoms with Crippen molar-refractivity contribution in [1.29, 1.82) is 0 Å². The number of anilines is 1. The third kappa shape index (κ3) is 4.39. The highest BCUT2D eigenvalue weighted by molar-refractivity contribution is 6.28. The van der Waals surface area contributed by atoms with E-state index in [2.05, 4.69) is 19.9 Å². The van der Waals surface area contributed by atoms with Gasteiger partial charge in [-0.1, -0.05) is 11.6 Å². The lowest BCUT2D eigenvalue weighted by molar-refractivity contribution is 0.288. The molecule has 1 aliphatic heterocycles. The first-order valence-electron chi connectivity index (χ1n) is 12.2. The van der Waals surface area contributed by atoms with Crippen molar-refractivity contribution < 1.29 is 9.47 Å². The maximum Gasteiger partial charge on any atom is 0.329 e. The number of piperidine rings is 1. The summed E-state index contributed by atoms with van der Waals surface area (Å²) in [5.74, 6) is 1.93. The second kappa shape index (κ2) is 9.81. The highest BCUT2D eigenvalue weighted by Gasteiger charge is 2.26. The molecule has 0 spiro atoms. The van der Waals surface area contributed by atoms with Gasteiger partial charge in [-0.25, -0.2) is 9.78 Å². The predicted octanol–water partition coefficient (Wildman–Crippen LogP) is 4.23. The van der Waals surface area contributed by atoms with Crippen LogP contribution in [0.5, 0.6) is 11.5 Å². The summed E-state index contributed by atoms with van der Waals surface area (Å²) in [5, 5.41) is 1.48. The Labute approximate surface area is 212 Å². The predicted molar refractivity (Wildman–Crippen MR) is 141 cm³/mol. The summed E-state index contributed by atoms with van der Waals surface area (Å²) in [6.45, 7) is 7.95. The molecule has 4 aromatic rings. The SMILES string of the molecule is CCOc1cc2nc(Cl)nc(N3CCC(n4c(=O)[nH]c5ccc(C)cc5c4=O)CC3)c2cc1OCC. The third-order valence-corrected chi connectivity index (χ3v) is 6.70. The van der Waals surface area contributed by atoms with Gasteiger partial charge in [-0.15, -0.1) is 0 Å².